The molecule has 9 nitrogen and oxygen atoms in total. The number of hydrogen-bond donors (Lipinski definition) is 0. The second-order valence-corrected chi connectivity index (χ2v) is 7.45. The fraction of sp³-hybridized carbons (Fsp3) is 0.238. The average molecular weight is 454 g/mol. The highest BCUT2D eigenvalue weighted by Crippen LogP contribution is 2.33. The first-order valence-electron chi connectivity index (χ1n) is 10.1. The molecule has 5 rings (SSSR count). The van der Waals surface area contributed by atoms with Crippen LogP contribution in [0.3, 0.4) is 0 Å². The molecule has 12 heteroatoms. The maximum atomic E-state index is 13.2. The minimum absolute atomic E-state index is 0.0964. The average Bonchev–Trinajstić information content (AvgIpc) is 3.32. The molecule has 1 aliphatic rings. The lowest BCUT2D eigenvalue weighted by Gasteiger charge is -2.34. The van der Waals surface area contributed by atoms with Crippen LogP contribution in [-0.2, 0) is 6.18 Å². The molecule has 0 atom stereocenters. The van der Waals surface area contributed by atoms with Gasteiger partial charge in [-0.2, -0.15) is 22.8 Å². The smallest absolute Gasteiger partial charge is 0.337 e. The molecule has 1 aromatic carbocycles. The van der Waals surface area contributed by atoms with Crippen LogP contribution >= 0.6 is 0 Å². The van der Waals surface area contributed by atoms with Crippen LogP contribution in [0.4, 0.5) is 19.1 Å². The SMILES string of the molecule is O=C(c1cc(-c2cccc(C(F)(F)F)c2)c2nncn2n1)N1CCN(c2ncccn2)CC1. The van der Waals surface area contributed by atoms with E-state index in [1.807, 2.05) is 4.90 Å². The first-order chi connectivity index (χ1) is 15.9. The van der Waals surface area contributed by atoms with Crippen LogP contribution < -0.4 is 4.90 Å². The number of fused-ring (bicyclic) bond motifs is 1. The summed E-state index contributed by atoms with van der Waals surface area (Å²) in [6.45, 7) is 1.95. The van der Waals surface area contributed by atoms with Gasteiger partial charge in [-0.25, -0.2) is 9.97 Å². The quantitative estimate of drug-likeness (QED) is 0.470. The van der Waals surface area contributed by atoms with E-state index in [0.717, 1.165) is 12.1 Å². The number of hydrogen-bond acceptors (Lipinski definition) is 7. The Morgan fingerprint density at radius 2 is 1.73 bits per heavy atom. The van der Waals surface area contributed by atoms with E-state index in [2.05, 4.69) is 25.3 Å². The highest BCUT2D eigenvalue weighted by atomic mass is 19.4. The Kier molecular flexibility index (Phi) is 5.11. The van der Waals surface area contributed by atoms with Gasteiger partial charge in [0.2, 0.25) is 5.95 Å². The zero-order chi connectivity index (χ0) is 23.0. The molecule has 0 saturated carbocycles. The third-order valence-corrected chi connectivity index (χ3v) is 5.39. The predicted molar refractivity (Wildman–Crippen MR) is 111 cm³/mol. The highest BCUT2D eigenvalue weighted by molar-refractivity contribution is 5.95. The number of amides is 1. The molecule has 168 valence electrons. The summed E-state index contributed by atoms with van der Waals surface area (Å²) in [5.41, 5.74) is 0.177. The van der Waals surface area contributed by atoms with E-state index in [-0.39, 0.29) is 22.8 Å². The Bertz CT molecular complexity index is 1300. The molecule has 1 fully saturated rings. The third kappa shape index (κ3) is 4.06. The number of carbonyl (C=O) groups excluding carboxylic acids is 1. The van der Waals surface area contributed by atoms with E-state index in [9.17, 15) is 18.0 Å². The summed E-state index contributed by atoms with van der Waals surface area (Å²) in [6, 6.07) is 8.07. The van der Waals surface area contributed by atoms with Crippen molar-refractivity contribution < 1.29 is 18.0 Å². The fourth-order valence-electron chi connectivity index (χ4n) is 3.73. The van der Waals surface area contributed by atoms with Crippen LogP contribution in [0.15, 0.2) is 55.1 Å². The number of piperazine rings is 1. The summed E-state index contributed by atoms with van der Waals surface area (Å²) in [4.78, 5) is 25.3. The topological polar surface area (TPSA) is 92.4 Å². The molecule has 1 aliphatic heterocycles. The van der Waals surface area contributed by atoms with Crippen molar-refractivity contribution in [3.8, 4) is 11.1 Å². The molecule has 1 amide bonds. The highest BCUT2D eigenvalue weighted by Gasteiger charge is 2.31. The molecule has 33 heavy (non-hydrogen) atoms. The van der Waals surface area contributed by atoms with Crippen molar-refractivity contribution in [1.82, 2.24) is 34.7 Å². The van der Waals surface area contributed by atoms with Crippen molar-refractivity contribution in [3.63, 3.8) is 0 Å². The minimum Gasteiger partial charge on any atom is -0.337 e. The van der Waals surface area contributed by atoms with Gasteiger partial charge in [-0.1, -0.05) is 12.1 Å². The molecule has 1 saturated heterocycles. The lowest BCUT2D eigenvalue weighted by atomic mass is 10.0. The van der Waals surface area contributed by atoms with Crippen molar-refractivity contribution in [1.29, 1.82) is 0 Å². The molecule has 0 spiro atoms. The standard InChI is InChI=1S/C21H17F3N8O/c22-21(23,24)15-4-1-3-14(11-15)16-12-17(29-32-13-27-28-18(16)32)19(33)30-7-9-31(10-8-30)20-25-5-2-6-26-20/h1-6,11-13H,7-10H2. The van der Waals surface area contributed by atoms with Gasteiger partial charge in [0.1, 0.15) is 12.0 Å². The van der Waals surface area contributed by atoms with Gasteiger partial charge in [-0.05, 0) is 29.8 Å². The molecule has 0 radical (unpaired) electrons. The second-order valence-electron chi connectivity index (χ2n) is 7.45. The summed E-state index contributed by atoms with van der Waals surface area (Å²) >= 11 is 0. The summed E-state index contributed by atoms with van der Waals surface area (Å²) in [5, 5.41) is 12.0. The monoisotopic (exact) mass is 454 g/mol. The van der Waals surface area contributed by atoms with E-state index >= 15 is 0 Å². The van der Waals surface area contributed by atoms with E-state index < -0.39 is 11.7 Å². The third-order valence-electron chi connectivity index (χ3n) is 5.39. The van der Waals surface area contributed by atoms with E-state index in [0.29, 0.717) is 37.7 Å². The molecule has 0 unspecified atom stereocenters. The van der Waals surface area contributed by atoms with Crippen molar-refractivity contribution >= 4 is 17.5 Å². The number of alkyl halides is 3. The summed E-state index contributed by atoms with van der Waals surface area (Å²) < 4.78 is 41.0. The molecule has 0 N–H and O–H groups in total. The number of rotatable bonds is 3. The van der Waals surface area contributed by atoms with Gasteiger partial charge >= 0.3 is 6.18 Å². The molecule has 3 aromatic heterocycles. The number of carbonyl (C=O) groups is 1. The zero-order valence-electron chi connectivity index (χ0n) is 17.1. The first-order valence-corrected chi connectivity index (χ1v) is 10.1. The molecular weight excluding hydrogens is 437 g/mol. The van der Waals surface area contributed by atoms with Crippen molar-refractivity contribution in [2.45, 2.75) is 6.18 Å². The summed E-state index contributed by atoms with van der Waals surface area (Å²) in [7, 11) is 0. The van der Waals surface area contributed by atoms with Gasteiger partial charge in [0.25, 0.3) is 5.91 Å². The van der Waals surface area contributed by atoms with Gasteiger partial charge in [0, 0.05) is 44.1 Å². The van der Waals surface area contributed by atoms with E-state index in [4.69, 9.17) is 0 Å². The molecule has 0 bridgehead atoms. The minimum atomic E-state index is -4.49. The van der Waals surface area contributed by atoms with Crippen LogP contribution in [0.5, 0.6) is 0 Å². The van der Waals surface area contributed by atoms with Crippen LogP contribution in [0, 0.1) is 0 Å². The first kappa shape index (κ1) is 20.8. The van der Waals surface area contributed by atoms with Gasteiger partial charge in [0.15, 0.2) is 5.65 Å². The predicted octanol–water partition coefficient (Wildman–Crippen LogP) is 2.56. The lowest BCUT2D eigenvalue weighted by Crippen LogP contribution is -2.49. The Morgan fingerprint density at radius 3 is 2.45 bits per heavy atom. The number of anilines is 1. The number of aromatic nitrogens is 6. The lowest BCUT2D eigenvalue weighted by molar-refractivity contribution is -0.137. The van der Waals surface area contributed by atoms with Gasteiger partial charge < -0.3 is 9.80 Å². The van der Waals surface area contributed by atoms with Gasteiger partial charge in [0.05, 0.1) is 5.56 Å². The van der Waals surface area contributed by atoms with Crippen LogP contribution in [0.25, 0.3) is 16.8 Å². The molecular formula is C21H17F3N8O. The molecule has 0 aliphatic carbocycles. The number of halogens is 3. The van der Waals surface area contributed by atoms with Gasteiger partial charge in [-0.15, -0.1) is 10.2 Å². The largest absolute Gasteiger partial charge is 0.416 e. The van der Waals surface area contributed by atoms with E-state index in [1.54, 1.807) is 23.4 Å². The number of nitrogens with zero attached hydrogens (tertiary/aromatic N) is 8. The van der Waals surface area contributed by atoms with Gasteiger partial charge in [-0.3, -0.25) is 4.79 Å². The Hall–Kier alpha value is -4.09. The van der Waals surface area contributed by atoms with Crippen molar-refractivity contribution in [2.24, 2.45) is 0 Å². The Labute approximate surface area is 185 Å². The summed E-state index contributed by atoms with van der Waals surface area (Å²) in [5.74, 6) is 0.271. The second kappa shape index (κ2) is 8.11. The van der Waals surface area contributed by atoms with Crippen LogP contribution in [0.2, 0.25) is 0 Å². The molecule has 4 aromatic rings. The van der Waals surface area contributed by atoms with E-state index in [1.165, 1.54) is 29.0 Å². The van der Waals surface area contributed by atoms with Crippen molar-refractivity contribution in [3.05, 3.63) is 66.4 Å². The van der Waals surface area contributed by atoms with Crippen molar-refractivity contribution in [2.75, 3.05) is 31.1 Å². The molecule has 4 heterocycles. The Morgan fingerprint density at radius 1 is 0.970 bits per heavy atom. The number of benzene rings is 1. The van der Waals surface area contributed by atoms with Crippen LogP contribution in [-0.4, -0.2) is 66.8 Å². The maximum Gasteiger partial charge on any atom is 0.416 e. The zero-order valence-corrected chi connectivity index (χ0v) is 17.1. The fourth-order valence-corrected chi connectivity index (χ4v) is 3.73. The van der Waals surface area contributed by atoms with Crippen LogP contribution in [0.1, 0.15) is 16.1 Å². The maximum absolute atomic E-state index is 13.2. The normalized spacial score (nSPS) is 14.6. The summed E-state index contributed by atoms with van der Waals surface area (Å²) in [6.07, 6.45) is 0.141. The Balaban J connectivity index is 1.44.